The summed E-state index contributed by atoms with van der Waals surface area (Å²) in [6.07, 6.45) is 2.21. The minimum absolute atomic E-state index is 0.435. The van der Waals surface area contributed by atoms with E-state index >= 15 is 0 Å². The fourth-order valence-electron chi connectivity index (χ4n) is 3.66. The van der Waals surface area contributed by atoms with Crippen LogP contribution in [-0.4, -0.2) is 77.3 Å². The molecule has 1 aromatic heterocycles. The Bertz CT molecular complexity index is 1110. The first-order chi connectivity index (χ1) is 14.8. The topological polar surface area (TPSA) is 90.3 Å². The minimum atomic E-state index is -3.57. The van der Waals surface area contributed by atoms with Gasteiger partial charge in [-0.3, -0.25) is 4.48 Å². The van der Waals surface area contributed by atoms with Crippen molar-refractivity contribution < 1.29 is 12.9 Å². The number of quaternary nitrogens is 1. The van der Waals surface area contributed by atoms with Gasteiger partial charge in [0.2, 0.25) is 10.0 Å². The Morgan fingerprint density at radius 3 is 2.47 bits per heavy atom. The minimum Gasteiger partial charge on any atom is -0.785 e. The fraction of sp³-hybridized carbons (Fsp3) is 0.619. The van der Waals surface area contributed by atoms with Gasteiger partial charge < -0.3 is 15.6 Å². The molecular weight excluding hydrogens is 466 g/mol. The highest BCUT2D eigenvalue weighted by Gasteiger charge is 2.32. The molecule has 1 fully saturated rings. The average Bonchev–Trinajstić information content (AvgIpc) is 3.07. The highest BCUT2D eigenvalue weighted by molar-refractivity contribution is 7.99. The van der Waals surface area contributed by atoms with E-state index in [1.807, 2.05) is 40.0 Å². The quantitative estimate of drug-likeness (QED) is 0.379. The summed E-state index contributed by atoms with van der Waals surface area (Å²) in [6, 6.07) is 3.80. The van der Waals surface area contributed by atoms with Crippen LogP contribution in [0.3, 0.4) is 0 Å². The number of benzene rings is 1. The number of hydrogen-bond acceptors (Lipinski definition) is 7. The van der Waals surface area contributed by atoms with Crippen LogP contribution in [0, 0.1) is 5.21 Å². The monoisotopic (exact) mass is 499 g/mol. The summed E-state index contributed by atoms with van der Waals surface area (Å²) in [5, 5.41) is 16.7. The predicted octanol–water partition coefficient (Wildman–Crippen LogP) is 3.60. The molecule has 32 heavy (non-hydrogen) atoms. The first kappa shape index (κ1) is 25.4. The van der Waals surface area contributed by atoms with Crippen LogP contribution in [0.5, 0.6) is 0 Å². The number of fused-ring (bicyclic) bond motifs is 1. The summed E-state index contributed by atoms with van der Waals surface area (Å²) >= 11 is 7.46. The lowest BCUT2D eigenvalue weighted by molar-refractivity contribution is -0.823. The zero-order chi connectivity index (χ0) is 23.9. The molecule has 0 bridgehead atoms. The molecule has 0 atom stereocenters. The van der Waals surface area contributed by atoms with Gasteiger partial charge in [-0.2, -0.15) is 0 Å². The number of aromatic nitrogens is 2. The maximum atomic E-state index is 12.7. The first-order valence-electron chi connectivity index (χ1n) is 10.7. The van der Waals surface area contributed by atoms with Crippen molar-refractivity contribution in [3.05, 3.63) is 23.2 Å². The largest absolute Gasteiger partial charge is 0.785 e. The molecule has 3 rings (SSSR count). The molecule has 178 valence electrons. The van der Waals surface area contributed by atoms with Crippen LogP contribution >= 0.6 is 24.0 Å². The summed E-state index contributed by atoms with van der Waals surface area (Å²) < 4.78 is 27.3. The number of anilines is 1. The molecule has 0 radical (unpaired) electrons. The number of hydroxylamine groups is 2. The van der Waals surface area contributed by atoms with Crippen molar-refractivity contribution in [1.82, 2.24) is 14.0 Å². The molecule has 1 aromatic carbocycles. The van der Waals surface area contributed by atoms with E-state index in [2.05, 4.69) is 12.2 Å². The Morgan fingerprint density at radius 2 is 1.94 bits per heavy atom. The van der Waals surface area contributed by atoms with Gasteiger partial charge in [0.25, 0.3) is 5.11 Å². The molecule has 0 unspecified atom stereocenters. The van der Waals surface area contributed by atoms with Crippen LogP contribution < -0.4 is 5.32 Å². The van der Waals surface area contributed by atoms with Gasteiger partial charge in [0.1, 0.15) is 5.82 Å². The van der Waals surface area contributed by atoms with Crippen molar-refractivity contribution in [2.45, 2.75) is 44.4 Å². The number of thiocarbonyl (C=S) groups is 1. The number of rotatable bonds is 5. The molecule has 2 heterocycles. The Labute approximate surface area is 200 Å². The van der Waals surface area contributed by atoms with Crippen LogP contribution in [0.25, 0.3) is 11.0 Å². The summed E-state index contributed by atoms with van der Waals surface area (Å²) in [7, 11) is -1.55. The molecule has 2 aromatic rings. The molecular formula is C21H33N5O3S3. The van der Waals surface area contributed by atoms with Crippen molar-refractivity contribution >= 4 is 55.8 Å². The van der Waals surface area contributed by atoms with Gasteiger partial charge >= 0.3 is 0 Å². The van der Waals surface area contributed by atoms with Crippen LogP contribution in [0.1, 0.15) is 39.9 Å². The number of nitrogens with zero attached hydrogens (tertiary/aromatic N) is 4. The average molecular weight is 500 g/mol. The smallest absolute Gasteiger partial charge is 0.274 e. The van der Waals surface area contributed by atoms with Gasteiger partial charge in [-0.1, -0.05) is 27.7 Å². The Hall–Kier alpha value is -1.24. The van der Waals surface area contributed by atoms with Gasteiger partial charge in [0.15, 0.2) is 0 Å². The summed E-state index contributed by atoms with van der Waals surface area (Å²) in [5.74, 6) is 1.43. The van der Waals surface area contributed by atoms with Gasteiger partial charge in [-0.05, 0) is 24.3 Å². The van der Waals surface area contributed by atoms with E-state index < -0.39 is 15.4 Å². The number of piperazine rings is 1. The second kappa shape index (κ2) is 9.19. The van der Waals surface area contributed by atoms with Crippen molar-refractivity contribution in [2.75, 3.05) is 50.6 Å². The van der Waals surface area contributed by atoms with E-state index in [-0.39, 0.29) is 0 Å². The predicted molar refractivity (Wildman–Crippen MR) is 137 cm³/mol. The van der Waals surface area contributed by atoms with E-state index in [4.69, 9.17) is 17.2 Å². The lowest BCUT2D eigenvalue weighted by atomic mass is 9.96. The van der Waals surface area contributed by atoms with Crippen molar-refractivity contribution in [3.8, 4) is 0 Å². The molecule has 0 amide bonds. The van der Waals surface area contributed by atoms with Crippen molar-refractivity contribution in [2.24, 2.45) is 0 Å². The maximum absolute atomic E-state index is 12.7. The van der Waals surface area contributed by atoms with E-state index in [9.17, 15) is 13.6 Å². The third kappa shape index (κ3) is 5.28. The van der Waals surface area contributed by atoms with E-state index in [1.165, 1.54) is 10.2 Å². The van der Waals surface area contributed by atoms with Gasteiger partial charge in [-0.15, -0.1) is 11.8 Å². The highest BCUT2D eigenvalue weighted by atomic mass is 32.2. The van der Waals surface area contributed by atoms with E-state index in [0.29, 0.717) is 52.6 Å². The third-order valence-electron chi connectivity index (χ3n) is 5.60. The normalized spacial score (nSPS) is 17.6. The lowest BCUT2D eigenvalue weighted by Gasteiger charge is -2.43. The number of likely N-dealkylation sites (N-methyl/N-ethyl adjacent to an activating group) is 1. The summed E-state index contributed by atoms with van der Waals surface area (Å²) in [4.78, 5) is 5.70. The van der Waals surface area contributed by atoms with Gasteiger partial charge in [-0.25, -0.2) is 17.4 Å². The first-order valence-corrected chi connectivity index (χ1v) is 14.0. The molecule has 11 heteroatoms. The molecule has 1 saturated heterocycles. The SMILES string of the molecule is CCCSc1cc2nc(C(C)(C)C)n(S(C)(=O)=O)c2cc1NC(=S)[N+]1(C)CCN([O-])CC1. The summed E-state index contributed by atoms with van der Waals surface area (Å²) in [6.45, 7) is 10.1. The van der Waals surface area contributed by atoms with Crippen molar-refractivity contribution in [1.29, 1.82) is 0 Å². The van der Waals surface area contributed by atoms with Crippen molar-refractivity contribution in [3.63, 3.8) is 0 Å². The zero-order valence-corrected chi connectivity index (χ0v) is 22.1. The Balaban J connectivity index is 2.12. The maximum Gasteiger partial charge on any atom is 0.274 e. The number of thioether (sulfide) groups is 1. The van der Waals surface area contributed by atoms with Gasteiger partial charge in [0.05, 0.1) is 43.1 Å². The van der Waals surface area contributed by atoms with Crippen LogP contribution in [0.15, 0.2) is 17.0 Å². The van der Waals surface area contributed by atoms with Crippen LogP contribution in [0.2, 0.25) is 0 Å². The van der Waals surface area contributed by atoms with Crippen LogP contribution in [-0.2, 0) is 15.4 Å². The fourth-order valence-corrected chi connectivity index (χ4v) is 5.97. The molecule has 1 N–H and O–H groups in total. The summed E-state index contributed by atoms with van der Waals surface area (Å²) in [5.41, 5.74) is 1.51. The lowest BCUT2D eigenvalue weighted by Crippen LogP contribution is -2.60. The zero-order valence-electron chi connectivity index (χ0n) is 19.6. The molecule has 1 aliphatic rings. The number of imidazole rings is 1. The molecule has 8 nitrogen and oxygen atoms in total. The van der Waals surface area contributed by atoms with Gasteiger partial charge in [0, 0.05) is 35.6 Å². The Kier molecular flexibility index (Phi) is 7.29. The second-order valence-corrected chi connectivity index (χ2v) is 13.0. The standard InChI is InChI=1S/C21H33N5O3S3/c1-7-12-31-18-14-15-17(25(32(6,28)29)19(22-15)21(2,3)4)13-16(18)23-20(30)26(5)10-8-24(27)9-11-26/h13-14H,7-12H2,1-6H3,(H,23,30). The van der Waals surface area contributed by atoms with E-state index in [1.54, 1.807) is 11.8 Å². The molecule has 0 aliphatic carbocycles. The number of hydrogen-bond donors (Lipinski definition) is 1. The number of nitrogens with one attached hydrogen (secondary N) is 1. The highest BCUT2D eigenvalue weighted by Crippen LogP contribution is 2.36. The third-order valence-corrected chi connectivity index (χ3v) is 8.43. The Morgan fingerprint density at radius 1 is 1.31 bits per heavy atom. The molecule has 1 aliphatic heterocycles. The molecule has 0 spiro atoms. The second-order valence-electron chi connectivity index (χ2n) is 9.60. The van der Waals surface area contributed by atoms with Crippen LogP contribution in [0.4, 0.5) is 5.69 Å². The van der Waals surface area contributed by atoms with E-state index in [0.717, 1.165) is 27.8 Å². The molecule has 0 saturated carbocycles.